The normalized spacial score (nSPS) is 18.4. The van der Waals surface area contributed by atoms with Crippen LogP contribution in [0.5, 0.6) is 0 Å². The molecule has 106 valence electrons. The van der Waals surface area contributed by atoms with Gasteiger partial charge in [-0.05, 0) is 60.4 Å². The number of rotatable bonds is 2. The molecular formula is C20H21N. The molecular weight excluding hydrogens is 254 g/mol. The smallest absolute Gasteiger partial charge is 0.0665 e. The first-order valence-corrected chi connectivity index (χ1v) is 8.16. The van der Waals surface area contributed by atoms with Gasteiger partial charge in [0.1, 0.15) is 0 Å². The zero-order valence-electron chi connectivity index (χ0n) is 12.4. The largest absolute Gasteiger partial charge is 0.253 e. The lowest BCUT2D eigenvalue weighted by Gasteiger charge is -2.17. The Morgan fingerprint density at radius 3 is 2.62 bits per heavy atom. The van der Waals surface area contributed by atoms with Crippen molar-refractivity contribution in [2.45, 2.75) is 44.4 Å². The summed E-state index contributed by atoms with van der Waals surface area (Å²) in [7, 11) is 0. The highest BCUT2D eigenvalue weighted by molar-refractivity contribution is 6.03. The van der Waals surface area contributed by atoms with Gasteiger partial charge < -0.3 is 0 Å². The summed E-state index contributed by atoms with van der Waals surface area (Å²) in [5.74, 6) is 0.779. The van der Waals surface area contributed by atoms with E-state index < -0.39 is 0 Å². The molecule has 0 spiro atoms. The summed E-state index contributed by atoms with van der Waals surface area (Å²) < 4.78 is 0. The van der Waals surface area contributed by atoms with Crippen molar-refractivity contribution in [3.63, 3.8) is 0 Å². The number of para-hydroxylation sites is 1. The van der Waals surface area contributed by atoms with Gasteiger partial charge in [-0.15, -0.1) is 0 Å². The van der Waals surface area contributed by atoms with Crippen molar-refractivity contribution < 1.29 is 0 Å². The van der Waals surface area contributed by atoms with Crippen molar-refractivity contribution >= 4 is 11.4 Å². The molecule has 1 heteroatoms. The Bertz CT molecular complexity index is 678. The fraction of sp³-hybridized carbons (Fsp3) is 0.350. The molecule has 0 radical (unpaired) electrons. The molecule has 2 aromatic rings. The van der Waals surface area contributed by atoms with Gasteiger partial charge in [0.25, 0.3) is 0 Å². The molecule has 0 bridgehead atoms. The molecule has 2 aromatic carbocycles. The number of fused-ring (bicyclic) bond motifs is 1. The SMILES string of the molecule is c1cc(C2=Nc3ccccc3CC2)cc(C2CCCC2)c1. The summed E-state index contributed by atoms with van der Waals surface area (Å²) in [6, 6.07) is 17.7. The van der Waals surface area contributed by atoms with Crippen LogP contribution in [0, 0.1) is 0 Å². The quantitative estimate of drug-likeness (QED) is 0.694. The van der Waals surface area contributed by atoms with Gasteiger partial charge in [-0.1, -0.05) is 49.2 Å². The van der Waals surface area contributed by atoms with Crippen LogP contribution in [0.15, 0.2) is 53.5 Å². The molecule has 1 nitrogen and oxygen atoms in total. The van der Waals surface area contributed by atoms with E-state index in [1.165, 1.54) is 48.1 Å². The van der Waals surface area contributed by atoms with Gasteiger partial charge in [0.15, 0.2) is 0 Å². The van der Waals surface area contributed by atoms with Crippen molar-refractivity contribution in [2.24, 2.45) is 4.99 Å². The van der Waals surface area contributed by atoms with E-state index in [9.17, 15) is 0 Å². The average Bonchev–Trinajstić information content (AvgIpc) is 3.09. The number of benzene rings is 2. The monoisotopic (exact) mass is 275 g/mol. The summed E-state index contributed by atoms with van der Waals surface area (Å²) in [5, 5.41) is 0. The molecule has 0 atom stereocenters. The molecule has 0 unspecified atom stereocenters. The summed E-state index contributed by atoms with van der Waals surface area (Å²) in [6.07, 6.45) is 7.68. The van der Waals surface area contributed by atoms with Crippen molar-refractivity contribution in [3.8, 4) is 0 Å². The van der Waals surface area contributed by atoms with Gasteiger partial charge in [0.05, 0.1) is 5.69 Å². The third kappa shape index (κ3) is 2.53. The Morgan fingerprint density at radius 1 is 0.857 bits per heavy atom. The Kier molecular flexibility index (Phi) is 3.34. The van der Waals surface area contributed by atoms with Crippen LogP contribution in [0.2, 0.25) is 0 Å². The highest BCUT2D eigenvalue weighted by atomic mass is 14.8. The van der Waals surface area contributed by atoms with E-state index in [0.29, 0.717) is 0 Å². The minimum atomic E-state index is 0.779. The number of nitrogens with zero attached hydrogens (tertiary/aromatic N) is 1. The lowest BCUT2D eigenvalue weighted by atomic mass is 9.92. The molecule has 4 rings (SSSR count). The first-order valence-electron chi connectivity index (χ1n) is 8.16. The van der Waals surface area contributed by atoms with Gasteiger partial charge in [-0.3, -0.25) is 4.99 Å². The molecule has 0 saturated heterocycles. The molecule has 1 saturated carbocycles. The van der Waals surface area contributed by atoms with E-state index in [4.69, 9.17) is 4.99 Å². The first-order chi connectivity index (χ1) is 10.4. The van der Waals surface area contributed by atoms with Crippen LogP contribution in [-0.2, 0) is 6.42 Å². The topological polar surface area (TPSA) is 12.4 Å². The van der Waals surface area contributed by atoms with E-state index in [2.05, 4.69) is 48.5 Å². The predicted molar refractivity (Wildman–Crippen MR) is 88.6 cm³/mol. The molecule has 0 N–H and O–H groups in total. The van der Waals surface area contributed by atoms with Gasteiger partial charge in [-0.25, -0.2) is 0 Å². The lowest BCUT2D eigenvalue weighted by Crippen LogP contribution is -2.08. The van der Waals surface area contributed by atoms with Gasteiger partial charge in [0.2, 0.25) is 0 Å². The Labute approximate surface area is 126 Å². The minimum absolute atomic E-state index is 0.779. The van der Waals surface area contributed by atoms with Gasteiger partial charge in [0, 0.05) is 5.71 Å². The fourth-order valence-corrected chi connectivity index (χ4v) is 3.73. The Balaban J connectivity index is 1.68. The summed E-state index contributed by atoms with van der Waals surface area (Å²) in [4.78, 5) is 4.90. The summed E-state index contributed by atoms with van der Waals surface area (Å²) >= 11 is 0. The van der Waals surface area contributed by atoms with Crippen LogP contribution < -0.4 is 0 Å². The van der Waals surface area contributed by atoms with Crippen LogP contribution >= 0.6 is 0 Å². The Hall–Kier alpha value is -1.89. The average molecular weight is 275 g/mol. The van der Waals surface area contributed by atoms with E-state index in [1.54, 1.807) is 0 Å². The number of aliphatic imine (C=N–C) groups is 1. The van der Waals surface area contributed by atoms with Crippen molar-refractivity contribution in [2.75, 3.05) is 0 Å². The highest BCUT2D eigenvalue weighted by Crippen LogP contribution is 2.35. The second-order valence-corrected chi connectivity index (χ2v) is 6.29. The predicted octanol–water partition coefficient (Wildman–Crippen LogP) is 5.41. The third-order valence-corrected chi connectivity index (χ3v) is 4.92. The summed E-state index contributed by atoms with van der Waals surface area (Å²) in [5.41, 5.74) is 6.65. The number of hydrogen-bond acceptors (Lipinski definition) is 1. The maximum absolute atomic E-state index is 4.90. The zero-order valence-corrected chi connectivity index (χ0v) is 12.4. The Morgan fingerprint density at radius 2 is 1.71 bits per heavy atom. The van der Waals surface area contributed by atoms with Crippen LogP contribution in [0.25, 0.3) is 0 Å². The van der Waals surface area contributed by atoms with Crippen molar-refractivity contribution in [1.82, 2.24) is 0 Å². The maximum atomic E-state index is 4.90. The molecule has 21 heavy (non-hydrogen) atoms. The van der Waals surface area contributed by atoms with Crippen molar-refractivity contribution in [3.05, 3.63) is 65.2 Å². The molecule has 1 heterocycles. The van der Waals surface area contributed by atoms with E-state index in [-0.39, 0.29) is 0 Å². The number of aryl methyl sites for hydroxylation is 1. The minimum Gasteiger partial charge on any atom is -0.253 e. The zero-order chi connectivity index (χ0) is 14.1. The fourth-order valence-electron chi connectivity index (χ4n) is 3.73. The van der Waals surface area contributed by atoms with E-state index >= 15 is 0 Å². The maximum Gasteiger partial charge on any atom is 0.0665 e. The summed E-state index contributed by atoms with van der Waals surface area (Å²) in [6.45, 7) is 0. The van der Waals surface area contributed by atoms with Crippen LogP contribution in [0.1, 0.15) is 54.7 Å². The van der Waals surface area contributed by atoms with E-state index in [0.717, 1.165) is 24.4 Å². The van der Waals surface area contributed by atoms with E-state index in [1.807, 2.05) is 0 Å². The molecule has 0 amide bonds. The van der Waals surface area contributed by atoms with Crippen LogP contribution in [0.3, 0.4) is 0 Å². The standard InChI is InChI=1S/C20H21N/c1-2-7-15(6-1)17-9-5-10-18(14-17)20-13-12-16-8-3-4-11-19(16)21-20/h3-5,8-11,14-15H,1-2,6-7,12-13H2. The van der Waals surface area contributed by atoms with Crippen LogP contribution in [-0.4, -0.2) is 5.71 Å². The van der Waals surface area contributed by atoms with Crippen LogP contribution in [0.4, 0.5) is 5.69 Å². The van der Waals surface area contributed by atoms with Crippen molar-refractivity contribution in [1.29, 1.82) is 0 Å². The molecule has 0 aromatic heterocycles. The molecule has 1 aliphatic heterocycles. The molecule has 2 aliphatic rings. The number of hydrogen-bond donors (Lipinski definition) is 0. The van der Waals surface area contributed by atoms with Gasteiger partial charge in [-0.2, -0.15) is 0 Å². The highest BCUT2D eigenvalue weighted by Gasteiger charge is 2.18. The molecule has 1 fully saturated rings. The third-order valence-electron chi connectivity index (χ3n) is 4.92. The van der Waals surface area contributed by atoms with Gasteiger partial charge >= 0.3 is 0 Å². The molecule has 1 aliphatic carbocycles. The second-order valence-electron chi connectivity index (χ2n) is 6.29. The lowest BCUT2D eigenvalue weighted by molar-refractivity contribution is 0.723. The second kappa shape index (κ2) is 5.48. The first kappa shape index (κ1) is 12.8.